The van der Waals surface area contributed by atoms with Crippen LogP contribution in [0.25, 0.3) is 0 Å². The molecule has 0 aromatic carbocycles. The fourth-order valence-electron chi connectivity index (χ4n) is 1.94. The van der Waals surface area contributed by atoms with E-state index >= 15 is 0 Å². The summed E-state index contributed by atoms with van der Waals surface area (Å²) in [6.07, 6.45) is 0. The van der Waals surface area contributed by atoms with E-state index in [1.54, 1.807) is 13.0 Å². The Labute approximate surface area is 170 Å². The number of rotatable bonds is 7. The molecule has 1 aromatic heterocycles. The van der Waals surface area contributed by atoms with Crippen molar-refractivity contribution in [2.24, 2.45) is 4.99 Å². The molecule has 0 aliphatic heterocycles. The van der Waals surface area contributed by atoms with E-state index in [0.717, 1.165) is 5.76 Å². The van der Waals surface area contributed by atoms with Crippen LogP contribution in [0.1, 0.15) is 46.1 Å². The maximum absolute atomic E-state index is 12.1. The van der Waals surface area contributed by atoms with E-state index in [4.69, 9.17) is 4.42 Å². The molecule has 0 amide bonds. The lowest BCUT2D eigenvalue weighted by Gasteiger charge is -2.20. The molecule has 0 fully saturated rings. The molecular weight excluding hydrogens is 453 g/mol. The highest BCUT2D eigenvalue weighted by molar-refractivity contribution is 14.0. The third-order valence-electron chi connectivity index (χ3n) is 3.42. The highest BCUT2D eigenvalue weighted by Crippen LogP contribution is 2.23. The number of furan rings is 1. The monoisotopic (exact) mass is 485 g/mol. The van der Waals surface area contributed by atoms with Gasteiger partial charge < -0.3 is 20.2 Å². The Hall–Kier alpha value is -0.610. The Bertz CT molecular complexity index is 580. The first-order valence-electron chi connectivity index (χ1n) is 8.26. The van der Waals surface area contributed by atoms with Gasteiger partial charge in [0.2, 0.25) is 0 Å². The van der Waals surface area contributed by atoms with Crippen molar-refractivity contribution in [1.29, 1.82) is 0 Å². The van der Waals surface area contributed by atoms with Gasteiger partial charge in [0.25, 0.3) is 0 Å². The van der Waals surface area contributed by atoms with E-state index in [1.807, 2.05) is 40.7 Å². The summed E-state index contributed by atoms with van der Waals surface area (Å²) in [5, 5.41) is 16.8. The van der Waals surface area contributed by atoms with Gasteiger partial charge in [0.05, 0.1) is 6.54 Å². The van der Waals surface area contributed by atoms with Crippen molar-refractivity contribution in [3.05, 3.63) is 23.7 Å². The van der Waals surface area contributed by atoms with Gasteiger partial charge in [0.1, 0.15) is 17.1 Å². The second-order valence-corrected chi connectivity index (χ2v) is 9.29. The van der Waals surface area contributed by atoms with E-state index in [1.165, 1.54) is 0 Å². The largest absolute Gasteiger partial charge is 0.463 e. The third kappa shape index (κ3) is 8.54. The topological polar surface area (TPSA) is 86.9 Å². The van der Waals surface area contributed by atoms with Gasteiger partial charge in [0.15, 0.2) is 5.96 Å². The average Bonchev–Trinajstić information content (AvgIpc) is 2.91. The van der Waals surface area contributed by atoms with Crippen molar-refractivity contribution < 1.29 is 13.7 Å². The number of aliphatic hydroxyl groups is 1. The molecule has 2 unspecified atom stereocenters. The van der Waals surface area contributed by atoms with E-state index in [0.29, 0.717) is 30.6 Å². The van der Waals surface area contributed by atoms with Crippen molar-refractivity contribution in [3.63, 3.8) is 0 Å². The first kappa shape index (κ1) is 24.4. The quantitative estimate of drug-likeness (QED) is 0.314. The zero-order chi connectivity index (χ0) is 18.4. The van der Waals surface area contributed by atoms with Gasteiger partial charge in [-0.1, -0.05) is 0 Å². The third-order valence-corrected chi connectivity index (χ3v) is 5.36. The highest BCUT2D eigenvalue weighted by Gasteiger charge is 2.26. The van der Waals surface area contributed by atoms with Crippen molar-refractivity contribution in [1.82, 2.24) is 10.6 Å². The molecule has 0 spiro atoms. The van der Waals surface area contributed by atoms with E-state index in [-0.39, 0.29) is 35.3 Å². The maximum atomic E-state index is 12.1. The normalized spacial score (nSPS) is 15.9. The molecule has 146 valence electrons. The summed E-state index contributed by atoms with van der Waals surface area (Å²) in [6.45, 7) is 12.8. The minimum Gasteiger partial charge on any atom is -0.463 e. The van der Waals surface area contributed by atoms with Crippen LogP contribution < -0.4 is 10.6 Å². The lowest BCUT2D eigenvalue weighted by atomic mass is 10.0. The number of nitrogens with zero attached hydrogens (tertiary/aromatic N) is 1. The van der Waals surface area contributed by atoms with Gasteiger partial charge in [0, 0.05) is 34.4 Å². The van der Waals surface area contributed by atoms with Crippen LogP contribution >= 0.6 is 24.0 Å². The van der Waals surface area contributed by atoms with Crippen LogP contribution in [0.15, 0.2) is 21.5 Å². The molecule has 0 aliphatic carbocycles. The summed E-state index contributed by atoms with van der Waals surface area (Å²) in [5.74, 6) is 2.38. The Morgan fingerprint density at radius 2 is 1.92 bits per heavy atom. The number of nitrogens with one attached hydrogen (secondary N) is 2. The molecule has 1 heterocycles. The summed E-state index contributed by atoms with van der Waals surface area (Å²) >= 11 is 0. The predicted molar refractivity (Wildman–Crippen MR) is 115 cm³/mol. The van der Waals surface area contributed by atoms with Crippen LogP contribution in [0.4, 0.5) is 0 Å². The maximum Gasteiger partial charge on any atom is 0.191 e. The van der Waals surface area contributed by atoms with E-state index in [2.05, 4.69) is 15.6 Å². The van der Waals surface area contributed by atoms with Crippen molar-refractivity contribution in [2.75, 3.05) is 25.4 Å². The fraction of sp³-hybridized carbons (Fsp3) is 0.706. The molecule has 0 radical (unpaired) electrons. The van der Waals surface area contributed by atoms with Gasteiger partial charge in [-0.2, -0.15) is 0 Å². The Kier molecular flexibility index (Phi) is 10.3. The first-order valence-corrected chi connectivity index (χ1v) is 9.58. The molecular formula is C17H32IN3O3S. The van der Waals surface area contributed by atoms with E-state index < -0.39 is 16.4 Å². The van der Waals surface area contributed by atoms with Crippen molar-refractivity contribution in [3.8, 4) is 0 Å². The molecule has 1 aromatic rings. The number of hydrogen-bond acceptors (Lipinski definition) is 4. The lowest BCUT2D eigenvalue weighted by molar-refractivity contribution is 0.0428. The molecule has 1 rings (SSSR count). The molecule has 3 N–H and O–H groups in total. The minimum atomic E-state index is -1.18. The molecule has 0 aliphatic rings. The summed E-state index contributed by atoms with van der Waals surface area (Å²) in [6, 6.07) is 3.58. The van der Waals surface area contributed by atoms with Gasteiger partial charge in [-0.15, -0.1) is 24.0 Å². The van der Waals surface area contributed by atoms with Crippen molar-refractivity contribution >= 4 is 40.7 Å². The van der Waals surface area contributed by atoms with Crippen LogP contribution in [0.3, 0.4) is 0 Å². The summed E-state index contributed by atoms with van der Waals surface area (Å²) in [5.41, 5.74) is -1.18. The van der Waals surface area contributed by atoms with Gasteiger partial charge in [-0.3, -0.25) is 4.21 Å². The van der Waals surface area contributed by atoms with Crippen LogP contribution in [0.2, 0.25) is 0 Å². The average molecular weight is 485 g/mol. The van der Waals surface area contributed by atoms with Crippen LogP contribution in [0.5, 0.6) is 0 Å². The minimum absolute atomic E-state index is 0. The van der Waals surface area contributed by atoms with Crippen LogP contribution in [-0.4, -0.2) is 45.4 Å². The zero-order valence-corrected chi connectivity index (χ0v) is 19.2. The fourth-order valence-corrected chi connectivity index (χ4v) is 2.84. The van der Waals surface area contributed by atoms with E-state index in [9.17, 15) is 9.32 Å². The second-order valence-electron chi connectivity index (χ2n) is 6.97. The van der Waals surface area contributed by atoms with Crippen LogP contribution in [0, 0.1) is 6.92 Å². The predicted octanol–water partition coefficient (Wildman–Crippen LogP) is 2.52. The molecule has 8 heteroatoms. The first-order chi connectivity index (χ1) is 11.1. The van der Waals surface area contributed by atoms with Gasteiger partial charge in [-0.05, 0) is 53.7 Å². The Morgan fingerprint density at radius 3 is 2.40 bits per heavy atom. The number of guanidine groups is 1. The molecule has 6 nitrogen and oxygen atoms in total. The number of hydrogen-bond donors (Lipinski definition) is 3. The Balaban J connectivity index is 0.00000576. The second kappa shape index (κ2) is 10.5. The molecule has 0 bridgehead atoms. The highest BCUT2D eigenvalue weighted by atomic mass is 127. The number of halogens is 1. The van der Waals surface area contributed by atoms with Gasteiger partial charge in [-0.25, -0.2) is 4.99 Å². The summed E-state index contributed by atoms with van der Waals surface area (Å²) < 4.78 is 17.3. The molecule has 25 heavy (non-hydrogen) atoms. The lowest BCUT2D eigenvalue weighted by Crippen LogP contribution is -2.41. The molecule has 0 saturated heterocycles. The SMILES string of the molecule is CCNC(=NCC(C)(O)c1ccc(C)o1)NCCS(=O)C(C)(C)C.I. The number of aliphatic imine (C=N–C) groups is 1. The van der Waals surface area contributed by atoms with Gasteiger partial charge >= 0.3 is 0 Å². The van der Waals surface area contributed by atoms with Crippen LogP contribution in [-0.2, 0) is 16.4 Å². The standard InChI is InChI=1S/C17H31N3O3S.HI/c1-7-18-15(19-10-11-24(22)16(3,4)5)20-12-17(6,21)14-9-8-13(2)23-14;/h8-9,21H,7,10-12H2,1-6H3,(H2,18,19,20);1H. The Morgan fingerprint density at radius 1 is 1.28 bits per heavy atom. The van der Waals surface area contributed by atoms with Crippen molar-refractivity contribution in [2.45, 2.75) is 51.9 Å². The summed E-state index contributed by atoms with van der Waals surface area (Å²) in [7, 11) is -0.915. The zero-order valence-electron chi connectivity index (χ0n) is 16.0. The summed E-state index contributed by atoms with van der Waals surface area (Å²) in [4.78, 5) is 4.42. The smallest absolute Gasteiger partial charge is 0.191 e. The molecule has 2 atom stereocenters. The number of aryl methyl sites for hydroxylation is 1. The molecule has 0 saturated carbocycles.